The van der Waals surface area contributed by atoms with Gasteiger partial charge in [0.1, 0.15) is 6.04 Å². The minimum atomic E-state index is -1.02. The maximum atomic E-state index is 12.8. The molecule has 1 N–H and O–H groups in total. The molecule has 4 rings (SSSR count). The molecular formula is C22H26N2O5. The number of nitrogens with zero attached hydrogens (tertiary/aromatic N) is 1. The average molecular weight is 398 g/mol. The molecule has 1 heterocycles. The fourth-order valence-corrected chi connectivity index (χ4v) is 5.23. The van der Waals surface area contributed by atoms with Crippen molar-refractivity contribution in [1.29, 1.82) is 0 Å². The number of rotatable bonds is 5. The van der Waals surface area contributed by atoms with Crippen LogP contribution in [0.2, 0.25) is 0 Å². The van der Waals surface area contributed by atoms with E-state index in [0.717, 1.165) is 35.3 Å². The molecular weight excluding hydrogens is 372 g/mol. The maximum absolute atomic E-state index is 12.8. The highest BCUT2D eigenvalue weighted by molar-refractivity contribution is 6.08. The predicted octanol–water partition coefficient (Wildman–Crippen LogP) is 2.20. The number of aryl methyl sites for hydroxylation is 2. The fourth-order valence-electron chi connectivity index (χ4n) is 5.23. The Morgan fingerprint density at radius 3 is 2.38 bits per heavy atom. The van der Waals surface area contributed by atoms with Gasteiger partial charge in [-0.25, -0.2) is 4.79 Å². The minimum absolute atomic E-state index is 0.253. The van der Waals surface area contributed by atoms with Crippen LogP contribution < -0.4 is 5.32 Å². The maximum Gasteiger partial charge on any atom is 0.329 e. The van der Waals surface area contributed by atoms with E-state index in [2.05, 4.69) is 5.32 Å². The molecule has 1 aromatic carbocycles. The third kappa shape index (κ3) is 3.32. The Bertz CT molecular complexity index is 867. The molecule has 3 amide bonds. The summed E-state index contributed by atoms with van der Waals surface area (Å²) in [6, 6.07) is 4.66. The molecule has 3 fully saturated rings. The van der Waals surface area contributed by atoms with Gasteiger partial charge in [-0.1, -0.05) is 12.1 Å². The van der Waals surface area contributed by atoms with Gasteiger partial charge in [0.15, 0.2) is 6.61 Å². The van der Waals surface area contributed by atoms with Gasteiger partial charge >= 0.3 is 5.97 Å². The first-order chi connectivity index (χ1) is 13.8. The van der Waals surface area contributed by atoms with Crippen LogP contribution in [-0.2, 0) is 23.9 Å². The van der Waals surface area contributed by atoms with Gasteiger partial charge in [0.25, 0.3) is 5.91 Å². The molecule has 7 nitrogen and oxygen atoms in total. The summed E-state index contributed by atoms with van der Waals surface area (Å²) in [5, 5.41) is 2.72. The van der Waals surface area contributed by atoms with E-state index in [9.17, 15) is 19.2 Å². The largest absolute Gasteiger partial charge is 0.454 e. The summed E-state index contributed by atoms with van der Waals surface area (Å²) >= 11 is 0. The van der Waals surface area contributed by atoms with Crippen molar-refractivity contribution in [2.75, 3.05) is 11.9 Å². The number of imide groups is 1. The van der Waals surface area contributed by atoms with E-state index >= 15 is 0 Å². The van der Waals surface area contributed by atoms with Crippen molar-refractivity contribution < 1.29 is 23.9 Å². The van der Waals surface area contributed by atoms with Crippen LogP contribution in [0.25, 0.3) is 0 Å². The van der Waals surface area contributed by atoms with Crippen molar-refractivity contribution in [3.05, 3.63) is 29.3 Å². The van der Waals surface area contributed by atoms with Crippen molar-refractivity contribution >= 4 is 29.4 Å². The van der Waals surface area contributed by atoms with Crippen LogP contribution in [0.4, 0.5) is 5.69 Å². The van der Waals surface area contributed by atoms with E-state index < -0.39 is 24.5 Å². The minimum Gasteiger partial charge on any atom is -0.454 e. The fraction of sp³-hybridized carbons (Fsp3) is 0.545. The number of esters is 1. The van der Waals surface area contributed by atoms with Crippen LogP contribution in [0.3, 0.4) is 0 Å². The zero-order valence-electron chi connectivity index (χ0n) is 16.9. The number of benzene rings is 1. The van der Waals surface area contributed by atoms with Gasteiger partial charge < -0.3 is 10.1 Å². The summed E-state index contributed by atoms with van der Waals surface area (Å²) < 4.78 is 5.11. The standard InChI is InChI=1S/C22H26N2O5/c1-11-4-5-12(2)16(8-11)23-17(25)10-29-22(28)13(3)24-20(26)18-14-6-7-15(9-14)19(18)21(24)27/h4-5,8,13-15,18-19H,6-7,9-10H2,1-3H3,(H,23,25)/t13-,14-,15+,18-,19+/m1/s1. The van der Waals surface area contributed by atoms with E-state index in [0.29, 0.717) is 5.69 Å². The summed E-state index contributed by atoms with van der Waals surface area (Å²) in [5.74, 6) is -1.74. The van der Waals surface area contributed by atoms with Gasteiger partial charge in [-0.3, -0.25) is 19.3 Å². The third-order valence-electron chi connectivity index (χ3n) is 6.70. The lowest BCUT2D eigenvalue weighted by Crippen LogP contribution is -2.45. The number of ether oxygens (including phenoxy) is 1. The molecule has 7 heteroatoms. The normalized spacial score (nSPS) is 28.4. The molecule has 29 heavy (non-hydrogen) atoms. The topological polar surface area (TPSA) is 92.8 Å². The van der Waals surface area contributed by atoms with E-state index in [1.165, 1.54) is 6.92 Å². The van der Waals surface area contributed by atoms with Crippen LogP contribution in [0, 0.1) is 37.5 Å². The molecule has 0 unspecified atom stereocenters. The molecule has 3 aliphatic rings. The molecule has 2 saturated carbocycles. The average Bonchev–Trinajstić information content (AvgIpc) is 3.36. The van der Waals surface area contributed by atoms with Crippen molar-refractivity contribution in [1.82, 2.24) is 4.90 Å². The summed E-state index contributed by atoms with van der Waals surface area (Å²) in [6.45, 7) is 4.81. The highest BCUT2D eigenvalue weighted by Crippen LogP contribution is 2.56. The van der Waals surface area contributed by atoms with Gasteiger partial charge in [0, 0.05) is 5.69 Å². The lowest BCUT2D eigenvalue weighted by Gasteiger charge is -2.23. The Hall–Kier alpha value is -2.70. The van der Waals surface area contributed by atoms with Crippen molar-refractivity contribution in [2.24, 2.45) is 23.7 Å². The molecule has 2 aliphatic carbocycles. The Morgan fingerprint density at radius 1 is 1.14 bits per heavy atom. The molecule has 1 aliphatic heterocycles. The van der Waals surface area contributed by atoms with Crippen LogP contribution in [0.15, 0.2) is 18.2 Å². The Balaban J connectivity index is 1.35. The molecule has 2 bridgehead atoms. The molecule has 0 aromatic heterocycles. The second-order valence-electron chi connectivity index (χ2n) is 8.58. The first kappa shape index (κ1) is 19.6. The third-order valence-corrected chi connectivity index (χ3v) is 6.70. The van der Waals surface area contributed by atoms with E-state index in [1.807, 2.05) is 32.0 Å². The summed E-state index contributed by atoms with van der Waals surface area (Å²) in [6.07, 6.45) is 2.91. The highest BCUT2D eigenvalue weighted by atomic mass is 16.5. The number of fused-ring (bicyclic) bond motifs is 5. The van der Waals surface area contributed by atoms with Gasteiger partial charge in [-0.2, -0.15) is 0 Å². The number of amides is 3. The number of likely N-dealkylation sites (tertiary alicyclic amines) is 1. The predicted molar refractivity (Wildman–Crippen MR) is 105 cm³/mol. The Labute approximate surface area is 169 Å². The summed E-state index contributed by atoms with van der Waals surface area (Å²) in [7, 11) is 0. The van der Waals surface area contributed by atoms with Gasteiger partial charge in [-0.05, 0) is 69.1 Å². The molecule has 0 radical (unpaired) electrons. The summed E-state index contributed by atoms with van der Waals surface area (Å²) in [5.41, 5.74) is 2.56. The SMILES string of the molecule is Cc1ccc(C)c(NC(=O)COC(=O)[C@@H](C)N2C(=O)[C@@H]3[C@@H]4CC[C@@H](C4)[C@@H]3C2=O)c1. The van der Waals surface area contributed by atoms with Crippen molar-refractivity contribution in [3.63, 3.8) is 0 Å². The van der Waals surface area contributed by atoms with Crippen molar-refractivity contribution in [2.45, 2.75) is 46.1 Å². The van der Waals surface area contributed by atoms with E-state index in [-0.39, 0.29) is 35.5 Å². The number of carbonyl (C=O) groups is 4. The molecule has 0 spiro atoms. The van der Waals surface area contributed by atoms with Gasteiger partial charge in [0.05, 0.1) is 11.8 Å². The second-order valence-corrected chi connectivity index (χ2v) is 8.58. The summed E-state index contributed by atoms with van der Waals surface area (Å²) in [4.78, 5) is 51.3. The zero-order chi connectivity index (χ0) is 20.9. The number of hydrogen-bond acceptors (Lipinski definition) is 5. The van der Waals surface area contributed by atoms with E-state index in [4.69, 9.17) is 4.74 Å². The smallest absolute Gasteiger partial charge is 0.329 e. The number of anilines is 1. The lowest BCUT2D eigenvalue weighted by atomic mass is 9.81. The van der Waals surface area contributed by atoms with Crippen LogP contribution >= 0.6 is 0 Å². The quantitative estimate of drug-likeness (QED) is 0.606. The van der Waals surface area contributed by atoms with Gasteiger partial charge in [-0.15, -0.1) is 0 Å². The first-order valence-corrected chi connectivity index (χ1v) is 10.2. The van der Waals surface area contributed by atoms with E-state index in [1.54, 1.807) is 0 Å². The molecule has 1 aromatic rings. The Kier molecular flexibility index (Phi) is 4.92. The van der Waals surface area contributed by atoms with Crippen molar-refractivity contribution in [3.8, 4) is 0 Å². The second kappa shape index (κ2) is 7.28. The van der Waals surface area contributed by atoms with Crippen LogP contribution in [0.1, 0.15) is 37.3 Å². The van der Waals surface area contributed by atoms with Crippen LogP contribution in [0.5, 0.6) is 0 Å². The number of nitrogens with one attached hydrogen (secondary N) is 1. The van der Waals surface area contributed by atoms with Crippen LogP contribution in [-0.4, -0.2) is 41.2 Å². The van der Waals surface area contributed by atoms with Gasteiger partial charge in [0.2, 0.25) is 11.8 Å². The first-order valence-electron chi connectivity index (χ1n) is 10.2. The number of hydrogen-bond donors (Lipinski definition) is 1. The molecule has 154 valence electrons. The highest BCUT2D eigenvalue weighted by Gasteiger charge is 2.62. The molecule has 1 saturated heterocycles. The lowest BCUT2D eigenvalue weighted by molar-refractivity contribution is -0.159. The number of carbonyl (C=O) groups excluding carboxylic acids is 4. The monoisotopic (exact) mass is 398 g/mol. The Morgan fingerprint density at radius 2 is 1.76 bits per heavy atom. The molecule has 5 atom stereocenters. The zero-order valence-corrected chi connectivity index (χ0v) is 16.9.